The van der Waals surface area contributed by atoms with Gasteiger partial charge in [-0.25, -0.2) is 0 Å². The minimum absolute atomic E-state index is 0.178. The highest BCUT2D eigenvalue weighted by molar-refractivity contribution is 6.74. The van der Waals surface area contributed by atoms with Gasteiger partial charge in [0.25, 0.3) is 0 Å². The second kappa shape index (κ2) is 7.91. The first kappa shape index (κ1) is 19.6. The number of hydrogen-bond donors (Lipinski definition) is 2. The number of aryl methyl sites for hydroxylation is 1. The number of aromatic nitrogens is 1. The Bertz CT molecular complexity index is 562. The molecule has 1 aromatic rings. The SMILES string of the molecule is Cc1ncc(NCC(O)CCO[Si](C)(C)C(C)(C)C)cc1C#N. The number of aliphatic hydroxyl groups is 1. The lowest BCUT2D eigenvalue weighted by Gasteiger charge is -2.36. The van der Waals surface area contributed by atoms with Crippen LogP contribution in [0.2, 0.25) is 18.1 Å². The Kier molecular flexibility index (Phi) is 6.75. The number of hydrogen-bond acceptors (Lipinski definition) is 5. The van der Waals surface area contributed by atoms with Crippen molar-refractivity contribution in [3.63, 3.8) is 0 Å². The molecule has 0 aliphatic heterocycles. The molecule has 0 fully saturated rings. The predicted octanol–water partition coefficient (Wildman–Crippen LogP) is 3.45. The molecule has 5 nitrogen and oxygen atoms in total. The third-order valence-electron chi connectivity index (χ3n) is 4.47. The molecule has 0 bridgehead atoms. The van der Waals surface area contributed by atoms with E-state index >= 15 is 0 Å². The summed E-state index contributed by atoms with van der Waals surface area (Å²) in [6.07, 6.45) is 1.77. The minimum atomic E-state index is -1.75. The number of aliphatic hydroxyl groups excluding tert-OH is 1. The van der Waals surface area contributed by atoms with Crippen molar-refractivity contribution in [1.29, 1.82) is 5.26 Å². The minimum Gasteiger partial charge on any atom is -0.417 e. The van der Waals surface area contributed by atoms with Crippen LogP contribution >= 0.6 is 0 Å². The number of rotatable bonds is 7. The van der Waals surface area contributed by atoms with Gasteiger partial charge >= 0.3 is 0 Å². The molecule has 128 valence electrons. The molecule has 0 aromatic carbocycles. The van der Waals surface area contributed by atoms with Crippen LogP contribution in [0.4, 0.5) is 5.69 Å². The quantitative estimate of drug-likeness (QED) is 0.746. The van der Waals surface area contributed by atoms with Crippen LogP contribution in [0.3, 0.4) is 0 Å². The van der Waals surface area contributed by atoms with Gasteiger partial charge < -0.3 is 14.8 Å². The number of pyridine rings is 1. The maximum absolute atomic E-state index is 10.1. The van der Waals surface area contributed by atoms with Crippen LogP contribution in [0.5, 0.6) is 0 Å². The van der Waals surface area contributed by atoms with Crippen molar-refractivity contribution < 1.29 is 9.53 Å². The smallest absolute Gasteiger partial charge is 0.191 e. The monoisotopic (exact) mass is 335 g/mol. The van der Waals surface area contributed by atoms with Crippen LogP contribution in [-0.4, -0.2) is 37.7 Å². The van der Waals surface area contributed by atoms with Gasteiger partial charge in [-0.3, -0.25) is 4.98 Å². The zero-order valence-electron chi connectivity index (χ0n) is 15.1. The zero-order valence-corrected chi connectivity index (χ0v) is 16.1. The molecule has 0 saturated heterocycles. The van der Waals surface area contributed by atoms with Crippen LogP contribution < -0.4 is 5.32 Å². The van der Waals surface area contributed by atoms with Crippen molar-refractivity contribution in [1.82, 2.24) is 4.98 Å². The normalized spacial score (nSPS) is 13.5. The van der Waals surface area contributed by atoms with E-state index in [1.54, 1.807) is 19.2 Å². The van der Waals surface area contributed by atoms with E-state index in [2.05, 4.69) is 50.2 Å². The average Bonchev–Trinajstić information content (AvgIpc) is 2.45. The largest absolute Gasteiger partial charge is 0.417 e. The summed E-state index contributed by atoms with van der Waals surface area (Å²) < 4.78 is 6.06. The zero-order chi connectivity index (χ0) is 17.7. The van der Waals surface area contributed by atoms with Gasteiger partial charge in [0, 0.05) is 13.2 Å². The van der Waals surface area contributed by atoms with Crippen LogP contribution in [-0.2, 0) is 4.43 Å². The topological polar surface area (TPSA) is 78.2 Å². The number of nitrogens with zero attached hydrogens (tertiary/aromatic N) is 2. The van der Waals surface area contributed by atoms with Crippen LogP contribution in [0, 0.1) is 18.3 Å². The molecule has 23 heavy (non-hydrogen) atoms. The van der Waals surface area contributed by atoms with Gasteiger partial charge in [0.05, 0.1) is 29.2 Å². The van der Waals surface area contributed by atoms with E-state index in [0.717, 1.165) is 5.69 Å². The predicted molar refractivity (Wildman–Crippen MR) is 96.0 cm³/mol. The molecular weight excluding hydrogens is 306 g/mol. The first-order valence-electron chi connectivity index (χ1n) is 7.99. The highest BCUT2D eigenvalue weighted by atomic mass is 28.4. The third kappa shape index (κ3) is 5.94. The van der Waals surface area contributed by atoms with Crippen LogP contribution in [0.1, 0.15) is 38.4 Å². The molecule has 1 atom stereocenters. The fraction of sp³-hybridized carbons (Fsp3) is 0.647. The van der Waals surface area contributed by atoms with Gasteiger partial charge in [0.1, 0.15) is 6.07 Å². The lowest BCUT2D eigenvalue weighted by Crippen LogP contribution is -2.41. The third-order valence-corrected chi connectivity index (χ3v) is 9.01. The molecule has 0 aliphatic rings. The van der Waals surface area contributed by atoms with E-state index in [0.29, 0.717) is 30.8 Å². The maximum Gasteiger partial charge on any atom is 0.191 e. The fourth-order valence-electron chi connectivity index (χ4n) is 1.75. The number of nitrogens with one attached hydrogen (secondary N) is 1. The summed E-state index contributed by atoms with van der Waals surface area (Å²) >= 11 is 0. The Balaban J connectivity index is 2.41. The second-order valence-electron chi connectivity index (χ2n) is 7.40. The lowest BCUT2D eigenvalue weighted by atomic mass is 10.2. The Hall–Kier alpha value is -1.42. The van der Waals surface area contributed by atoms with Gasteiger partial charge in [-0.05, 0) is 37.5 Å². The van der Waals surface area contributed by atoms with Gasteiger partial charge in [0.15, 0.2) is 8.32 Å². The van der Waals surface area contributed by atoms with Crippen molar-refractivity contribution in [2.24, 2.45) is 0 Å². The lowest BCUT2D eigenvalue weighted by molar-refractivity contribution is 0.145. The number of nitriles is 1. The van der Waals surface area contributed by atoms with E-state index in [-0.39, 0.29) is 5.04 Å². The van der Waals surface area contributed by atoms with Crippen molar-refractivity contribution in [3.05, 3.63) is 23.5 Å². The van der Waals surface area contributed by atoms with E-state index < -0.39 is 14.4 Å². The maximum atomic E-state index is 10.1. The van der Waals surface area contributed by atoms with Crippen molar-refractivity contribution in [3.8, 4) is 6.07 Å². The molecule has 1 aromatic heterocycles. The molecule has 0 amide bonds. The van der Waals surface area contributed by atoms with Crippen molar-refractivity contribution >= 4 is 14.0 Å². The van der Waals surface area contributed by atoms with Crippen molar-refractivity contribution in [2.75, 3.05) is 18.5 Å². The van der Waals surface area contributed by atoms with Crippen LogP contribution in [0.25, 0.3) is 0 Å². The fourth-order valence-corrected chi connectivity index (χ4v) is 2.81. The van der Waals surface area contributed by atoms with E-state index in [1.807, 2.05) is 0 Å². The highest BCUT2D eigenvalue weighted by Gasteiger charge is 2.36. The Morgan fingerprint density at radius 2 is 2.09 bits per heavy atom. The van der Waals surface area contributed by atoms with Crippen LogP contribution in [0.15, 0.2) is 12.3 Å². The van der Waals surface area contributed by atoms with Gasteiger partial charge in [-0.1, -0.05) is 20.8 Å². The number of anilines is 1. The van der Waals surface area contributed by atoms with Gasteiger partial charge in [-0.15, -0.1) is 0 Å². The summed E-state index contributed by atoms with van der Waals surface area (Å²) in [4.78, 5) is 4.16. The standard InChI is InChI=1S/C17H29N3O2Si/c1-13-14(10-18)9-15(11-19-13)20-12-16(21)7-8-22-23(5,6)17(2,3)4/h9,11,16,20-21H,7-8,12H2,1-6H3. The average molecular weight is 336 g/mol. The van der Waals surface area contributed by atoms with Crippen molar-refractivity contribution in [2.45, 2.75) is 58.4 Å². The summed E-state index contributed by atoms with van der Waals surface area (Å²) in [7, 11) is -1.75. The summed E-state index contributed by atoms with van der Waals surface area (Å²) in [6.45, 7) is 13.8. The molecule has 0 spiro atoms. The molecule has 1 heterocycles. The molecule has 0 radical (unpaired) electrons. The van der Waals surface area contributed by atoms with Gasteiger partial charge in [-0.2, -0.15) is 5.26 Å². The molecule has 0 aliphatic carbocycles. The molecule has 1 unspecified atom stereocenters. The van der Waals surface area contributed by atoms with Gasteiger partial charge in [0.2, 0.25) is 0 Å². The summed E-state index contributed by atoms with van der Waals surface area (Å²) in [5.74, 6) is 0. The molecule has 0 saturated carbocycles. The molecule has 1 rings (SSSR count). The molecule has 6 heteroatoms. The highest BCUT2D eigenvalue weighted by Crippen LogP contribution is 2.36. The Morgan fingerprint density at radius 3 is 2.65 bits per heavy atom. The molecular formula is C17H29N3O2Si. The first-order valence-corrected chi connectivity index (χ1v) is 10.9. The molecule has 2 N–H and O–H groups in total. The Morgan fingerprint density at radius 1 is 1.43 bits per heavy atom. The second-order valence-corrected chi connectivity index (χ2v) is 12.2. The summed E-state index contributed by atoms with van der Waals surface area (Å²) in [6, 6.07) is 3.86. The van der Waals surface area contributed by atoms with E-state index in [1.165, 1.54) is 0 Å². The summed E-state index contributed by atoms with van der Waals surface area (Å²) in [5.41, 5.74) is 2.00. The van der Waals surface area contributed by atoms with E-state index in [4.69, 9.17) is 9.69 Å². The Labute approximate surface area is 140 Å². The summed E-state index contributed by atoms with van der Waals surface area (Å²) in [5, 5.41) is 22.4. The first-order chi connectivity index (χ1) is 10.6. The van der Waals surface area contributed by atoms with E-state index in [9.17, 15) is 5.11 Å².